The number of nitrogens with one attached hydrogen (secondary N) is 1. The van der Waals surface area contributed by atoms with Crippen molar-refractivity contribution in [3.8, 4) is 0 Å². The number of aliphatic hydroxyl groups is 1. The van der Waals surface area contributed by atoms with Gasteiger partial charge in [-0.3, -0.25) is 0 Å². The van der Waals surface area contributed by atoms with Crippen molar-refractivity contribution in [2.75, 3.05) is 26.3 Å². The molecule has 0 aliphatic carbocycles. The van der Waals surface area contributed by atoms with Crippen molar-refractivity contribution >= 4 is 11.3 Å². The van der Waals surface area contributed by atoms with E-state index in [0.717, 1.165) is 12.1 Å². The highest BCUT2D eigenvalue weighted by Gasteiger charge is 2.04. The fourth-order valence-electron chi connectivity index (χ4n) is 1.36. The van der Waals surface area contributed by atoms with Gasteiger partial charge >= 0.3 is 0 Å². The summed E-state index contributed by atoms with van der Waals surface area (Å²) in [7, 11) is 0. The maximum Gasteiger partial charge on any atom is 0.0897 e. The lowest BCUT2D eigenvalue weighted by molar-refractivity contribution is 0.0390. The summed E-state index contributed by atoms with van der Waals surface area (Å²) >= 11 is 1.65. The van der Waals surface area contributed by atoms with Crippen molar-refractivity contribution in [3.05, 3.63) is 28.7 Å². The smallest absolute Gasteiger partial charge is 0.0897 e. The normalized spacial score (nSPS) is 12.6. The summed E-state index contributed by atoms with van der Waals surface area (Å²) in [5, 5.41) is 12.6. The molecule has 1 heterocycles. The SMILES string of the molecule is C=CCNCC(O)COCCc1scnc1C. The molecular formula is C12H20N2O2S. The van der Waals surface area contributed by atoms with Crippen LogP contribution in [0, 0.1) is 6.92 Å². The van der Waals surface area contributed by atoms with E-state index in [9.17, 15) is 5.11 Å². The van der Waals surface area contributed by atoms with E-state index in [4.69, 9.17) is 4.74 Å². The first-order chi connectivity index (χ1) is 8.24. The summed E-state index contributed by atoms with van der Waals surface area (Å²) in [5.74, 6) is 0. The van der Waals surface area contributed by atoms with Gasteiger partial charge in [-0.25, -0.2) is 4.98 Å². The molecule has 0 amide bonds. The summed E-state index contributed by atoms with van der Waals surface area (Å²) < 4.78 is 5.42. The highest BCUT2D eigenvalue weighted by atomic mass is 32.1. The van der Waals surface area contributed by atoms with Gasteiger partial charge in [-0.2, -0.15) is 0 Å². The van der Waals surface area contributed by atoms with E-state index in [1.807, 2.05) is 12.4 Å². The Bertz CT molecular complexity index is 328. The molecule has 0 fully saturated rings. The molecular weight excluding hydrogens is 236 g/mol. The number of aromatic nitrogens is 1. The van der Waals surface area contributed by atoms with Crippen LogP contribution in [0.4, 0.5) is 0 Å². The monoisotopic (exact) mass is 256 g/mol. The van der Waals surface area contributed by atoms with Gasteiger partial charge in [0.05, 0.1) is 30.5 Å². The summed E-state index contributed by atoms with van der Waals surface area (Å²) in [6, 6.07) is 0. The van der Waals surface area contributed by atoms with E-state index in [1.54, 1.807) is 17.4 Å². The Kier molecular flexibility index (Phi) is 7.04. The molecule has 0 aliphatic heterocycles. The topological polar surface area (TPSA) is 54.4 Å². The molecule has 96 valence electrons. The zero-order valence-electron chi connectivity index (χ0n) is 10.2. The van der Waals surface area contributed by atoms with Gasteiger partial charge in [0.2, 0.25) is 0 Å². The molecule has 17 heavy (non-hydrogen) atoms. The summed E-state index contributed by atoms with van der Waals surface area (Å²) in [4.78, 5) is 5.43. The highest BCUT2D eigenvalue weighted by molar-refractivity contribution is 7.09. The van der Waals surface area contributed by atoms with Crippen molar-refractivity contribution in [1.29, 1.82) is 0 Å². The van der Waals surface area contributed by atoms with Crippen molar-refractivity contribution in [2.45, 2.75) is 19.4 Å². The molecule has 4 nitrogen and oxygen atoms in total. The number of nitrogens with zero attached hydrogens (tertiary/aromatic N) is 1. The van der Waals surface area contributed by atoms with Gasteiger partial charge in [0.25, 0.3) is 0 Å². The van der Waals surface area contributed by atoms with Crippen molar-refractivity contribution < 1.29 is 9.84 Å². The fourth-order valence-corrected chi connectivity index (χ4v) is 2.12. The molecule has 0 aliphatic rings. The largest absolute Gasteiger partial charge is 0.389 e. The number of ether oxygens (including phenoxy) is 1. The lowest BCUT2D eigenvalue weighted by Gasteiger charge is -2.11. The molecule has 0 saturated carbocycles. The van der Waals surface area contributed by atoms with E-state index >= 15 is 0 Å². The van der Waals surface area contributed by atoms with Crippen molar-refractivity contribution in [2.24, 2.45) is 0 Å². The third-order valence-electron chi connectivity index (χ3n) is 2.30. The molecule has 1 atom stereocenters. The zero-order chi connectivity index (χ0) is 12.5. The molecule has 0 spiro atoms. The molecule has 5 heteroatoms. The van der Waals surface area contributed by atoms with Crippen LogP contribution in [0.25, 0.3) is 0 Å². The van der Waals surface area contributed by atoms with E-state index in [1.165, 1.54) is 4.88 Å². The second kappa shape index (κ2) is 8.36. The quantitative estimate of drug-likeness (QED) is 0.514. The minimum Gasteiger partial charge on any atom is -0.389 e. The predicted octanol–water partition coefficient (Wildman–Crippen LogP) is 1.15. The number of aryl methyl sites for hydroxylation is 1. The van der Waals surface area contributed by atoms with E-state index in [2.05, 4.69) is 16.9 Å². The van der Waals surface area contributed by atoms with Crippen molar-refractivity contribution in [3.63, 3.8) is 0 Å². The van der Waals surface area contributed by atoms with Crippen LogP contribution in [-0.4, -0.2) is 42.5 Å². The molecule has 0 aromatic carbocycles. The van der Waals surface area contributed by atoms with Gasteiger partial charge in [0, 0.05) is 24.4 Å². The van der Waals surface area contributed by atoms with Gasteiger partial charge in [-0.15, -0.1) is 17.9 Å². The Labute approximate surface area is 106 Å². The Morgan fingerprint density at radius 3 is 3.18 bits per heavy atom. The molecule has 0 saturated heterocycles. The predicted molar refractivity (Wildman–Crippen MR) is 70.4 cm³/mol. The lowest BCUT2D eigenvalue weighted by atomic mass is 10.3. The highest BCUT2D eigenvalue weighted by Crippen LogP contribution is 2.12. The number of rotatable bonds is 9. The second-order valence-electron chi connectivity index (χ2n) is 3.79. The van der Waals surface area contributed by atoms with Crippen LogP contribution in [0.5, 0.6) is 0 Å². The molecule has 1 unspecified atom stereocenters. The van der Waals surface area contributed by atoms with Gasteiger partial charge in [-0.1, -0.05) is 6.08 Å². The minimum atomic E-state index is -0.461. The summed E-state index contributed by atoms with van der Waals surface area (Å²) in [6.45, 7) is 7.82. The molecule has 1 rings (SSSR count). The summed E-state index contributed by atoms with van der Waals surface area (Å²) in [5.41, 5.74) is 2.92. The maximum absolute atomic E-state index is 9.56. The van der Waals surface area contributed by atoms with Crippen LogP contribution < -0.4 is 5.32 Å². The number of hydrogen-bond acceptors (Lipinski definition) is 5. The maximum atomic E-state index is 9.56. The number of hydrogen-bond donors (Lipinski definition) is 2. The molecule has 0 bridgehead atoms. The fraction of sp³-hybridized carbons (Fsp3) is 0.583. The zero-order valence-corrected chi connectivity index (χ0v) is 11.0. The lowest BCUT2D eigenvalue weighted by Crippen LogP contribution is -2.30. The van der Waals surface area contributed by atoms with Crippen LogP contribution in [0.3, 0.4) is 0 Å². The van der Waals surface area contributed by atoms with Crippen LogP contribution in [0.1, 0.15) is 10.6 Å². The molecule has 1 aromatic rings. The standard InChI is InChI=1S/C12H20N2O2S/c1-3-5-13-7-11(15)8-16-6-4-12-10(2)14-9-17-12/h3,9,11,13,15H,1,4-8H2,2H3. The van der Waals surface area contributed by atoms with E-state index in [-0.39, 0.29) is 0 Å². The third-order valence-corrected chi connectivity index (χ3v) is 3.29. The first-order valence-electron chi connectivity index (χ1n) is 5.70. The van der Waals surface area contributed by atoms with Crippen LogP contribution in [0.2, 0.25) is 0 Å². The average Bonchev–Trinajstić information content (AvgIpc) is 2.71. The van der Waals surface area contributed by atoms with Gasteiger partial charge in [-0.05, 0) is 6.92 Å². The molecule has 0 radical (unpaired) electrons. The van der Waals surface area contributed by atoms with E-state index < -0.39 is 6.10 Å². The first-order valence-corrected chi connectivity index (χ1v) is 6.58. The number of aliphatic hydroxyl groups excluding tert-OH is 1. The second-order valence-corrected chi connectivity index (χ2v) is 4.73. The van der Waals surface area contributed by atoms with Gasteiger partial charge in [0.15, 0.2) is 0 Å². The van der Waals surface area contributed by atoms with Crippen molar-refractivity contribution in [1.82, 2.24) is 10.3 Å². The minimum absolute atomic E-state index is 0.363. The average molecular weight is 256 g/mol. The van der Waals surface area contributed by atoms with Gasteiger partial charge in [0.1, 0.15) is 0 Å². The first kappa shape index (κ1) is 14.3. The molecule has 1 aromatic heterocycles. The Balaban J connectivity index is 2.04. The third kappa shape index (κ3) is 5.93. The van der Waals surface area contributed by atoms with Crippen LogP contribution in [-0.2, 0) is 11.2 Å². The Hall–Kier alpha value is -0.750. The Morgan fingerprint density at radius 1 is 1.71 bits per heavy atom. The van der Waals surface area contributed by atoms with Crippen LogP contribution >= 0.6 is 11.3 Å². The number of thiazole rings is 1. The van der Waals surface area contributed by atoms with Crippen LogP contribution in [0.15, 0.2) is 18.2 Å². The van der Waals surface area contributed by atoms with E-state index in [0.29, 0.717) is 26.3 Å². The molecule has 2 N–H and O–H groups in total. The van der Waals surface area contributed by atoms with Gasteiger partial charge < -0.3 is 15.2 Å². The summed E-state index contributed by atoms with van der Waals surface area (Å²) in [6.07, 6.45) is 2.17. The Morgan fingerprint density at radius 2 is 2.53 bits per heavy atom.